The first-order chi connectivity index (χ1) is 16.2. The lowest BCUT2D eigenvalue weighted by molar-refractivity contribution is -0.141. The fourth-order valence-electron chi connectivity index (χ4n) is 5.03. The first-order valence-electron chi connectivity index (χ1n) is 10.8. The largest absolute Gasteiger partial charge is 0.434 e. The number of piperidine rings is 1. The summed E-state index contributed by atoms with van der Waals surface area (Å²) in [6, 6.07) is 0.582. The minimum absolute atomic E-state index is 0.0333. The van der Waals surface area contributed by atoms with Crippen LogP contribution in [0.25, 0.3) is 11.4 Å². The van der Waals surface area contributed by atoms with Crippen LogP contribution in [0.5, 0.6) is 0 Å². The molecule has 0 spiro atoms. The molecule has 2 aliphatic rings. The van der Waals surface area contributed by atoms with Crippen LogP contribution in [0.15, 0.2) is 30.9 Å². The Balaban J connectivity index is 1.64. The lowest BCUT2D eigenvalue weighted by Crippen LogP contribution is -2.53. The van der Waals surface area contributed by atoms with Crippen molar-refractivity contribution in [2.75, 3.05) is 0 Å². The van der Waals surface area contributed by atoms with Crippen molar-refractivity contribution in [3.8, 4) is 11.4 Å². The van der Waals surface area contributed by atoms with Gasteiger partial charge in [0.1, 0.15) is 11.5 Å². The van der Waals surface area contributed by atoms with Crippen molar-refractivity contribution in [3.05, 3.63) is 64.2 Å². The van der Waals surface area contributed by atoms with E-state index in [1.165, 1.54) is 6.07 Å². The van der Waals surface area contributed by atoms with Crippen LogP contribution in [0.3, 0.4) is 0 Å². The first kappa shape index (κ1) is 22.6. The second kappa shape index (κ2) is 8.26. The van der Waals surface area contributed by atoms with Crippen LogP contribution in [0.4, 0.5) is 13.2 Å². The number of hydrogen-bond donors (Lipinski definition) is 0. The van der Waals surface area contributed by atoms with E-state index in [2.05, 4.69) is 19.9 Å². The van der Waals surface area contributed by atoms with Gasteiger partial charge in [0.15, 0.2) is 5.69 Å². The third kappa shape index (κ3) is 3.70. The Kier molecular flexibility index (Phi) is 5.50. The lowest BCUT2D eigenvalue weighted by Gasteiger charge is -2.49. The minimum atomic E-state index is -4.76. The fraction of sp³-hybridized carbons (Fsp3) is 0.391. The molecule has 34 heavy (non-hydrogen) atoms. The Bertz CT molecular complexity index is 1270. The van der Waals surface area contributed by atoms with Gasteiger partial charge in [-0.05, 0) is 38.2 Å². The van der Waals surface area contributed by atoms with Gasteiger partial charge in [0.2, 0.25) is 0 Å². The van der Waals surface area contributed by atoms with Gasteiger partial charge in [0.05, 0.1) is 34.2 Å². The average Bonchev–Trinajstić information content (AvgIpc) is 2.80. The second-order valence-electron chi connectivity index (χ2n) is 8.66. The summed E-state index contributed by atoms with van der Waals surface area (Å²) >= 11 is 6.06. The molecule has 11 heteroatoms. The second-order valence-corrected chi connectivity index (χ2v) is 9.04. The van der Waals surface area contributed by atoms with Gasteiger partial charge >= 0.3 is 6.18 Å². The summed E-state index contributed by atoms with van der Waals surface area (Å²) in [5, 5.41) is -0.685. The number of amides is 1. The van der Waals surface area contributed by atoms with Gasteiger partial charge in [-0.1, -0.05) is 18.5 Å². The Hall–Kier alpha value is -3.14. The van der Waals surface area contributed by atoms with Crippen molar-refractivity contribution < 1.29 is 18.0 Å². The number of aromatic nitrogens is 5. The molecule has 2 aliphatic heterocycles. The Morgan fingerprint density at radius 1 is 1.15 bits per heavy atom. The van der Waals surface area contributed by atoms with Crippen molar-refractivity contribution in [1.29, 1.82) is 0 Å². The molecule has 0 N–H and O–H groups in total. The highest BCUT2D eigenvalue weighted by Gasteiger charge is 2.47. The molecule has 3 aromatic heterocycles. The fourth-order valence-corrected chi connectivity index (χ4v) is 5.32. The smallest absolute Gasteiger partial charge is 0.326 e. The molecule has 2 bridgehead atoms. The normalized spacial score (nSPS) is 21.8. The summed E-state index contributed by atoms with van der Waals surface area (Å²) in [5.41, 5.74) is 1.41. The molecule has 1 fully saturated rings. The van der Waals surface area contributed by atoms with Crippen LogP contribution < -0.4 is 0 Å². The molecule has 1 unspecified atom stereocenters. The van der Waals surface area contributed by atoms with E-state index in [1.807, 2.05) is 6.92 Å². The molecule has 3 aromatic rings. The Morgan fingerprint density at radius 3 is 2.65 bits per heavy atom. The van der Waals surface area contributed by atoms with Crippen LogP contribution >= 0.6 is 11.6 Å². The van der Waals surface area contributed by atoms with Gasteiger partial charge in [-0.25, -0.2) is 9.97 Å². The van der Waals surface area contributed by atoms with Gasteiger partial charge in [-0.3, -0.25) is 19.7 Å². The maximum absolute atomic E-state index is 13.7. The standard InChI is InChI=1S/C23H20ClF3N6O/c1-11-3-4-13-9-15-18(16-10-28-7-8-29-16)31-12(2)32-19(15)20(11)33(13)22(34)14-5-6-30-21(17(14)24)23(25,26)27/h5-8,10-11,13,20H,3-4,9H2,1-2H3/t11-,13+,20?/m1/s1. The molecular formula is C23H20ClF3N6O. The van der Waals surface area contributed by atoms with Crippen molar-refractivity contribution in [1.82, 2.24) is 29.8 Å². The van der Waals surface area contributed by atoms with Gasteiger partial charge in [0.25, 0.3) is 5.91 Å². The molecule has 7 nitrogen and oxygen atoms in total. The molecular weight excluding hydrogens is 469 g/mol. The van der Waals surface area contributed by atoms with E-state index < -0.39 is 28.8 Å². The highest BCUT2D eigenvalue weighted by atomic mass is 35.5. The number of carbonyl (C=O) groups excluding carboxylic acids is 1. The molecule has 1 saturated heterocycles. The summed E-state index contributed by atoms with van der Waals surface area (Å²) in [6.45, 7) is 3.78. The highest BCUT2D eigenvalue weighted by molar-refractivity contribution is 6.34. The SMILES string of the molecule is Cc1nc(-c2cnccn2)c2c(n1)C1[C@H](C)CC[C@@H](C2)N1C(=O)c1ccnc(C(F)(F)F)c1Cl. The molecule has 3 atom stereocenters. The lowest BCUT2D eigenvalue weighted by atomic mass is 9.76. The van der Waals surface area contributed by atoms with Crippen molar-refractivity contribution in [2.45, 2.75) is 51.4 Å². The third-order valence-corrected chi connectivity index (χ3v) is 6.87. The van der Waals surface area contributed by atoms with Crippen LogP contribution in [-0.4, -0.2) is 41.8 Å². The van der Waals surface area contributed by atoms with E-state index in [0.29, 0.717) is 35.7 Å². The monoisotopic (exact) mass is 488 g/mol. The summed E-state index contributed by atoms with van der Waals surface area (Å²) in [6.07, 6.45) is 3.03. The quantitative estimate of drug-likeness (QED) is 0.513. The predicted molar refractivity (Wildman–Crippen MR) is 117 cm³/mol. The van der Waals surface area contributed by atoms with Crippen LogP contribution in [0, 0.1) is 12.8 Å². The maximum Gasteiger partial charge on any atom is 0.434 e. The number of aryl methyl sites for hydroxylation is 1. The maximum atomic E-state index is 13.7. The van der Waals surface area contributed by atoms with Gasteiger partial charge in [-0.15, -0.1) is 0 Å². The molecule has 0 aliphatic carbocycles. The molecule has 176 valence electrons. The Labute approximate surface area is 198 Å². The van der Waals surface area contributed by atoms with E-state index in [9.17, 15) is 18.0 Å². The van der Waals surface area contributed by atoms with Crippen molar-refractivity contribution in [3.63, 3.8) is 0 Å². The van der Waals surface area contributed by atoms with E-state index >= 15 is 0 Å². The number of rotatable bonds is 2. The zero-order valence-corrected chi connectivity index (χ0v) is 19.1. The summed E-state index contributed by atoms with van der Waals surface area (Å²) in [5.74, 6) is -0.00213. The van der Waals surface area contributed by atoms with Crippen molar-refractivity contribution in [2.24, 2.45) is 5.92 Å². The third-order valence-electron chi connectivity index (χ3n) is 6.49. The van der Waals surface area contributed by atoms with Crippen LogP contribution in [-0.2, 0) is 12.6 Å². The van der Waals surface area contributed by atoms with E-state index in [1.54, 1.807) is 30.4 Å². The zero-order valence-electron chi connectivity index (χ0n) is 18.3. The number of hydrogen-bond acceptors (Lipinski definition) is 6. The number of alkyl halides is 3. The highest BCUT2D eigenvalue weighted by Crippen LogP contribution is 2.47. The van der Waals surface area contributed by atoms with Crippen LogP contribution in [0.2, 0.25) is 5.02 Å². The zero-order chi connectivity index (χ0) is 24.2. The molecule has 0 saturated carbocycles. The first-order valence-corrected chi connectivity index (χ1v) is 11.2. The molecule has 0 radical (unpaired) electrons. The summed E-state index contributed by atoms with van der Waals surface area (Å²) in [4.78, 5) is 36.6. The van der Waals surface area contributed by atoms with E-state index in [-0.39, 0.29) is 17.5 Å². The molecule has 5 rings (SSSR count). The molecule has 0 aromatic carbocycles. The number of pyridine rings is 1. The number of halogens is 4. The van der Waals surface area contributed by atoms with Gasteiger partial charge in [0, 0.05) is 30.2 Å². The minimum Gasteiger partial charge on any atom is -0.326 e. The van der Waals surface area contributed by atoms with E-state index in [4.69, 9.17) is 16.6 Å². The summed E-state index contributed by atoms with van der Waals surface area (Å²) < 4.78 is 40.1. The summed E-state index contributed by atoms with van der Waals surface area (Å²) in [7, 11) is 0. The van der Waals surface area contributed by atoms with Gasteiger partial charge in [-0.2, -0.15) is 13.2 Å². The number of fused-ring (bicyclic) bond motifs is 4. The molecule has 5 heterocycles. The topological polar surface area (TPSA) is 84.8 Å². The number of carbonyl (C=O) groups is 1. The van der Waals surface area contributed by atoms with Crippen molar-refractivity contribution >= 4 is 17.5 Å². The predicted octanol–water partition coefficient (Wildman–Crippen LogP) is 4.85. The molecule has 1 amide bonds. The van der Waals surface area contributed by atoms with Gasteiger partial charge < -0.3 is 4.90 Å². The Morgan fingerprint density at radius 2 is 1.94 bits per heavy atom. The number of nitrogens with zero attached hydrogens (tertiary/aromatic N) is 6. The van der Waals surface area contributed by atoms with E-state index in [0.717, 1.165) is 18.2 Å². The van der Waals surface area contributed by atoms with Crippen LogP contribution in [0.1, 0.15) is 58.9 Å². The average molecular weight is 489 g/mol.